The maximum Gasteiger partial charge on any atom is 0.228 e. The van der Waals surface area contributed by atoms with Crippen LogP contribution in [0.3, 0.4) is 0 Å². The van der Waals surface area contributed by atoms with E-state index in [-0.39, 0.29) is 11.9 Å². The molecule has 2 heterocycles. The molecular formula is C22H21N3OS. The molecular weight excluding hydrogens is 354 g/mol. The number of hydrogen-bond acceptors (Lipinski definition) is 3. The summed E-state index contributed by atoms with van der Waals surface area (Å²) in [5, 5.41) is 2.02. The molecule has 0 saturated carbocycles. The zero-order chi connectivity index (χ0) is 18.8. The molecule has 1 atom stereocenters. The number of benzene rings is 2. The molecule has 0 saturated heterocycles. The first kappa shape index (κ1) is 17.5. The summed E-state index contributed by atoms with van der Waals surface area (Å²) in [6.07, 6.45) is 2.38. The molecule has 0 N–H and O–H groups in total. The van der Waals surface area contributed by atoms with Crippen LogP contribution in [0.15, 0.2) is 72.2 Å². The Kier molecular flexibility index (Phi) is 4.77. The normalized spacial score (nSPS) is 12.2. The molecule has 0 fully saturated rings. The topological polar surface area (TPSA) is 37.6 Å². The molecule has 0 spiro atoms. The fourth-order valence-electron chi connectivity index (χ4n) is 3.16. The molecule has 5 heteroatoms. The second kappa shape index (κ2) is 7.37. The molecule has 4 aromatic rings. The van der Waals surface area contributed by atoms with Gasteiger partial charge in [0.15, 0.2) is 4.96 Å². The van der Waals surface area contributed by atoms with Gasteiger partial charge in [-0.15, -0.1) is 11.3 Å². The number of fused-ring (bicyclic) bond motifs is 1. The van der Waals surface area contributed by atoms with Crippen LogP contribution in [0.1, 0.15) is 24.2 Å². The maximum absolute atomic E-state index is 12.8. The molecule has 0 aliphatic rings. The average Bonchev–Trinajstić information content (AvgIpc) is 3.30. The van der Waals surface area contributed by atoms with Crippen molar-refractivity contribution in [2.45, 2.75) is 19.4 Å². The maximum atomic E-state index is 12.8. The van der Waals surface area contributed by atoms with Crippen molar-refractivity contribution in [1.29, 1.82) is 0 Å². The largest absolute Gasteiger partial charge is 0.339 e. The molecule has 0 unspecified atom stereocenters. The summed E-state index contributed by atoms with van der Waals surface area (Å²) in [4.78, 5) is 20.3. The minimum Gasteiger partial charge on any atom is -0.339 e. The van der Waals surface area contributed by atoms with Gasteiger partial charge in [0.05, 0.1) is 18.2 Å². The summed E-state index contributed by atoms with van der Waals surface area (Å²) >= 11 is 1.57. The smallest absolute Gasteiger partial charge is 0.228 e. The number of carbonyl (C=O) groups is 1. The van der Waals surface area contributed by atoms with Gasteiger partial charge in [0.2, 0.25) is 5.91 Å². The van der Waals surface area contributed by atoms with Crippen LogP contribution in [-0.2, 0) is 11.2 Å². The first-order chi connectivity index (χ1) is 13.1. The van der Waals surface area contributed by atoms with Crippen LogP contribution in [0.5, 0.6) is 0 Å². The van der Waals surface area contributed by atoms with Crippen LogP contribution in [0, 0.1) is 0 Å². The van der Waals surface area contributed by atoms with E-state index in [0.717, 1.165) is 27.5 Å². The van der Waals surface area contributed by atoms with Crippen molar-refractivity contribution in [2.75, 3.05) is 7.05 Å². The molecule has 0 radical (unpaired) electrons. The molecule has 0 bridgehead atoms. The van der Waals surface area contributed by atoms with Crippen LogP contribution in [0.4, 0.5) is 0 Å². The van der Waals surface area contributed by atoms with E-state index in [1.807, 2.05) is 76.5 Å². The van der Waals surface area contributed by atoms with Crippen LogP contribution >= 0.6 is 11.3 Å². The van der Waals surface area contributed by atoms with Crippen LogP contribution in [-0.4, -0.2) is 27.2 Å². The molecule has 1 amide bonds. The fourth-order valence-corrected chi connectivity index (χ4v) is 4.03. The number of carbonyl (C=O) groups excluding carboxylic acids is 1. The van der Waals surface area contributed by atoms with Gasteiger partial charge < -0.3 is 4.90 Å². The van der Waals surface area contributed by atoms with Gasteiger partial charge in [-0.05, 0) is 12.5 Å². The first-order valence-electron chi connectivity index (χ1n) is 8.95. The molecule has 0 aliphatic heterocycles. The van der Waals surface area contributed by atoms with Crippen LogP contribution < -0.4 is 0 Å². The highest BCUT2D eigenvalue weighted by Crippen LogP contribution is 2.25. The second-order valence-corrected chi connectivity index (χ2v) is 7.48. The lowest BCUT2D eigenvalue weighted by Gasteiger charge is -2.25. The predicted octanol–water partition coefficient (Wildman–Crippen LogP) is 4.82. The van der Waals surface area contributed by atoms with E-state index in [1.165, 1.54) is 0 Å². The molecule has 136 valence electrons. The van der Waals surface area contributed by atoms with E-state index < -0.39 is 0 Å². The minimum atomic E-state index is 0.0375. The third-order valence-corrected chi connectivity index (χ3v) is 5.83. The van der Waals surface area contributed by atoms with E-state index in [4.69, 9.17) is 4.98 Å². The summed E-state index contributed by atoms with van der Waals surface area (Å²) in [5.41, 5.74) is 4.13. The number of rotatable bonds is 5. The van der Waals surface area contributed by atoms with Crippen molar-refractivity contribution in [2.24, 2.45) is 0 Å². The van der Waals surface area contributed by atoms with Crippen molar-refractivity contribution in [1.82, 2.24) is 14.3 Å². The van der Waals surface area contributed by atoms with Crippen LogP contribution in [0.25, 0.3) is 16.2 Å². The van der Waals surface area contributed by atoms with Crippen molar-refractivity contribution in [3.05, 3.63) is 83.5 Å². The summed E-state index contributed by atoms with van der Waals surface area (Å²) in [7, 11) is 1.87. The number of hydrogen-bond donors (Lipinski definition) is 0. The van der Waals surface area contributed by atoms with Gasteiger partial charge in [-0.1, -0.05) is 60.7 Å². The summed E-state index contributed by atoms with van der Waals surface area (Å²) < 4.78 is 2.03. The lowest BCUT2D eigenvalue weighted by molar-refractivity contribution is -0.131. The zero-order valence-electron chi connectivity index (χ0n) is 15.4. The Hall–Kier alpha value is -2.92. The number of nitrogens with zero attached hydrogens (tertiary/aromatic N) is 3. The summed E-state index contributed by atoms with van der Waals surface area (Å²) in [6.45, 7) is 2.06. The second-order valence-electron chi connectivity index (χ2n) is 6.64. The number of imidazole rings is 1. The third-order valence-electron chi connectivity index (χ3n) is 4.94. The monoisotopic (exact) mass is 375 g/mol. The summed E-state index contributed by atoms with van der Waals surface area (Å²) in [6, 6.07) is 20.2. The SMILES string of the molecule is C[C@H](c1ccccc1)N(C)C(=O)Cc1csc2nc(-c3ccccc3)cn12. The first-order valence-corrected chi connectivity index (χ1v) is 9.83. The van der Waals surface area contributed by atoms with E-state index in [9.17, 15) is 4.79 Å². The van der Waals surface area contributed by atoms with Gasteiger partial charge in [0, 0.05) is 29.9 Å². The van der Waals surface area contributed by atoms with Gasteiger partial charge in [0.1, 0.15) is 0 Å². The van der Waals surface area contributed by atoms with Crippen molar-refractivity contribution in [3.63, 3.8) is 0 Å². The number of likely N-dealkylation sites (N-methyl/N-ethyl adjacent to an activating group) is 1. The molecule has 27 heavy (non-hydrogen) atoms. The molecule has 4 nitrogen and oxygen atoms in total. The van der Waals surface area contributed by atoms with Crippen molar-refractivity contribution < 1.29 is 4.79 Å². The van der Waals surface area contributed by atoms with Crippen molar-refractivity contribution in [3.8, 4) is 11.3 Å². The Labute approximate surface area is 162 Å². The average molecular weight is 375 g/mol. The van der Waals surface area contributed by atoms with E-state index in [0.29, 0.717) is 6.42 Å². The number of aromatic nitrogens is 2. The number of thiazole rings is 1. The quantitative estimate of drug-likeness (QED) is 0.501. The minimum absolute atomic E-state index is 0.0375. The molecule has 0 aliphatic carbocycles. The van der Waals surface area contributed by atoms with Gasteiger partial charge in [-0.2, -0.15) is 0 Å². The third kappa shape index (κ3) is 3.51. The molecule has 2 aromatic heterocycles. The summed E-state index contributed by atoms with van der Waals surface area (Å²) in [5.74, 6) is 0.0982. The highest BCUT2D eigenvalue weighted by Gasteiger charge is 2.19. The highest BCUT2D eigenvalue weighted by molar-refractivity contribution is 7.15. The zero-order valence-corrected chi connectivity index (χ0v) is 16.2. The fraction of sp³-hybridized carbons (Fsp3) is 0.182. The van der Waals surface area contributed by atoms with Gasteiger partial charge in [-0.3, -0.25) is 9.20 Å². The van der Waals surface area contributed by atoms with Crippen LogP contribution in [0.2, 0.25) is 0 Å². The Bertz CT molecular complexity index is 1050. The van der Waals surface area contributed by atoms with Gasteiger partial charge >= 0.3 is 0 Å². The Morgan fingerprint density at radius 2 is 1.78 bits per heavy atom. The predicted molar refractivity (Wildman–Crippen MR) is 110 cm³/mol. The molecule has 4 rings (SSSR count). The van der Waals surface area contributed by atoms with E-state index in [1.54, 1.807) is 11.3 Å². The Balaban J connectivity index is 1.54. The van der Waals surface area contributed by atoms with Crippen molar-refractivity contribution >= 4 is 22.2 Å². The number of amides is 1. The van der Waals surface area contributed by atoms with Gasteiger partial charge in [0.25, 0.3) is 0 Å². The van der Waals surface area contributed by atoms with E-state index in [2.05, 4.69) is 19.1 Å². The lowest BCUT2D eigenvalue weighted by atomic mass is 10.1. The standard InChI is InChI=1S/C22H21N3OS/c1-16(17-9-5-3-6-10-17)24(2)21(26)13-19-15-27-22-23-20(14-25(19)22)18-11-7-4-8-12-18/h3-12,14-16H,13H2,1-2H3/t16-/m1/s1. The Morgan fingerprint density at radius 3 is 2.48 bits per heavy atom. The lowest BCUT2D eigenvalue weighted by Crippen LogP contribution is -2.31. The van der Waals surface area contributed by atoms with E-state index >= 15 is 0 Å². The van der Waals surface area contributed by atoms with Gasteiger partial charge in [-0.25, -0.2) is 4.98 Å². The Morgan fingerprint density at radius 1 is 1.11 bits per heavy atom. The molecule has 2 aromatic carbocycles. The highest BCUT2D eigenvalue weighted by atomic mass is 32.1.